The van der Waals surface area contributed by atoms with E-state index >= 15 is 0 Å². The Morgan fingerprint density at radius 2 is 2.10 bits per heavy atom. The highest BCUT2D eigenvalue weighted by molar-refractivity contribution is 5.96. The van der Waals surface area contributed by atoms with Gasteiger partial charge in [-0.05, 0) is 40.0 Å². The van der Waals surface area contributed by atoms with E-state index in [4.69, 9.17) is 4.74 Å². The SMILES string of the molecule is CCCC1(C)C(=O)[C@H]2CCCN(C(=O)OC(C)(C)C)[C@H]21. The largest absolute Gasteiger partial charge is 0.444 e. The second kappa shape index (κ2) is 5.05. The van der Waals surface area contributed by atoms with Gasteiger partial charge >= 0.3 is 6.09 Å². The Balaban J connectivity index is 2.17. The van der Waals surface area contributed by atoms with Crippen molar-refractivity contribution in [1.82, 2.24) is 4.90 Å². The van der Waals surface area contributed by atoms with Crippen molar-refractivity contribution in [2.75, 3.05) is 6.54 Å². The molecule has 1 aliphatic carbocycles. The Labute approximate surface area is 121 Å². The Morgan fingerprint density at radius 1 is 1.45 bits per heavy atom. The number of rotatable bonds is 2. The van der Waals surface area contributed by atoms with Crippen LogP contribution in [-0.4, -0.2) is 35.0 Å². The van der Waals surface area contributed by atoms with Crippen LogP contribution in [-0.2, 0) is 9.53 Å². The van der Waals surface area contributed by atoms with Crippen molar-refractivity contribution >= 4 is 11.9 Å². The van der Waals surface area contributed by atoms with E-state index in [9.17, 15) is 9.59 Å². The van der Waals surface area contributed by atoms with Crippen molar-refractivity contribution in [3.63, 3.8) is 0 Å². The third-order valence-corrected chi connectivity index (χ3v) is 4.58. The summed E-state index contributed by atoms with van der Waals surface area (Å²) in [6, 6.07) is 0.0403. The lowest BCUT2D eigenvalue weighted by Gasteiger charge is -2.58. The highest BCUT2D eigenvalue weighted by atomic mass is 16.6. The van der Waals surface area contributed by atoms with Crippen molar-refractivity contribution < 1.29 is 14.3 Å². The Hall–Kier alpha value is -1.06. The minimum atomic E-state index is -0.487. The molecule has 0 aromatic carbocycles. The van der Waals surface area contributed by atoms with Gasteiger partial charge in [0.1, 0.15) is 11.4 Å². The minimum Gasteiger partial charge on any atom is -0.444 e. The van der Waals surface area contributed by atoms with Crippen LogP contribution in [0.1, 0.15) is 60.3 Å². The first-order chi connectivity index (χ1) is 9.20. The molecule has 1 amide bonds. The molecule has 3 atom stereocenters. The number of piperidine rings is 1. The molecule has 1 saturated carbocycles. The molecule has 0 aromatic heterocycles. The Morgan fingerprint density at radius 3 is 2.65 bits per heavy atom. The molecule has 1 aliphatic heterocycles. The van der Waals surface area contributed by atoms with Gasteiger partial charge in [-0.1, -0.05) is 20.3 Å². The minimum absolute atomic E-state index is 0.0350. The van der Waals surface area contributed by atoms with E-state index in [-0.39, 0.29) is 23.5 Å². The summed E-state index contributed by atoms with van der Waals surface area (Å²) < 4.78 is 5.51. The van der Waals surface area contributed by atoms with Crippen molar-refractivity contribution in [1.29, 1.82) is 0 Å². The number of ether oxygens (including phenoxy) is 1. The number of fused-ring (bicyclic) bond motifs is 1. The lowest BCUT2D eigenvalue weighted by atomic mass is 9.53. The number of carbonyl (C=O) groups excluding carboxylic acids is 2. The van der Waals surface area contributed by atoms with E-state index in [1.807, 2.05) is 32.6 Å². The van der Waals surface area contributed by atoms with Crippen LogP contribution in [0.4, 0.5) is 4.79 Å². The highest BCUT2D eigenvalue weighted by Gasteiger charge is 2.62. The Bertz CT molecular complexity index is 412. The topological polar surface area (TPSA) is 46.6 Å². The quantitative estimate of drug-likeness (QED) is 0.779. The van der Waals surface area contributed by atoms with Gasteiger partial charge in [0.25, 0.3) is 0 Å². The van der Waals surface area contributed by atoms with E-state index in [1.54, 1.807) is 0 Å². The van der Waals surface area contributed by atoms with Crippen LogP contribution in [0.5, 0.6) is 0 Å². The first-order valence-electron chi connectivity index (χ1n) is 7.74. The average molecular weight is 281 g/mol. The predicted octanol–water partition coefficient (Wildman–Crippen LogP) is 3.39. The Kier molecular flexibility index (Phi) is 3.87. The lowest BCUT2D eigenvalue weighted by Crippen LogP contribution is -2.70. The normalized spacial score (nSPS) is 33.5. The fourth-order valence-corrected chi connectivity index (χ4v) is 3.85. The molecule has 0 bridgehead atoms. The maximum Gasteiger partial charge on any atom is 0.410 e. The molecule has 4 nitrogen and oxygen atoms in total. The molecule has 1 heterocycles. The zero-order chi connectivity index (χ0) is 15.1. The zero-order valence-electron chi connectivity index (χ0n) is 13.4. The van der Waals surface area contributed by atoms with Crippen LogP contribution in [0.25, 0.3) is 0 Å². The summed E-state index contributed by atoms with van der Waals surface area (Å²) in [7, 11) is 0. The van der Waals surface area contributed by atoms with Gasteiger partial charge in [-0.25, -0.2) is 4.79 Å². The van der Waals surface area contributed by atoms with Crippen molar-refractivity contribution in [2.24, 2.45) is 11.3 Å². The molecule has 114 valence electrons. The monoisotopic (exact) mass is 281 g/mol. The molecule has 4 heteroatoms. The molecule has 2 rings (SSSR count). The molecule has 0 aromatic rings. The maximum atomic E-state index is 12.4. The second-order valence-corrected chi connectivity index (χ2v) is 7.40. The van der Waals surface area contributed by atoms with E-state index in [0.29, 0.717) is 12.3 Å². The molecule has 0 radical (unpaired) electrons. The van der Waals surface area contributed by atoms with Gasteiger partial charge in [0, 0.05) is 17.9 Å². The van der Waals surface area contributed by atoms with Gasteiger partial charge in [-0.3, -0.25) is 4.79 Å². The fourth-order valence-electron chi connectivity index (χ4n) is 3.85. The predicted molar refractivity (Wildman–Crippen MR) is 77.5 cm³/mol. The summed E-state index contributed by atoms with van der Waals surface area (Å²) in [6.45, 7) is 10.5. The molecule has 0 N–H and O–H groups in total. The van der Waals surface area contributed by atoms with Crippen LogP contribution in [0, 0.1) is 11.3 Å². The number of carbonyl (C=O) groups is 2. The first kappa shape index (κ1) is 15.3. The molecule has 2 aliphatic rings. The molecule has 0 spiro atoms. The van der Waals surface area contributed by atoms with Crippen molar-refractivity contribution in [3.8, 4) is 0 Å². The molecule has 1 saturated heterocycles. The molecular formula is C16H27NO3. The summed E-state index contributed by atoms with van der Waals surface area (Å²) in [5, 5.41) is 0. The van der Waals surface area contributed by atoms with Gasteiger partial charge in [-0.15, -0.1) is 0 Å². The van der Waals surface area contributed by atoms with Gasteiger partial charge in [0.15, 0.2) is 0 Å². The lowest BCUT2D eigenvalue weighted by molar-refractivity contribution is -0.164. The van der Waals surface area contributed by atoms with Gasteiger partial charge in [0.05, 0.1) is 6.04 Å². The van der Waals surface area contributed by atoms with E-state index in [0.717, 1.165) is 25.7 Å². The summed E-state index contributed by atoms with van der Waals surface area (Å²) >= 11 is 0. The van der Waals surface area contributed by atoms with Crippen LogP contribution in [0.3, 0.4) is 0 Å². The number of amides is 1. The first-order valence-corrected chi connectivity index (χ1v) is 7.74. The van der Waals surface area contributed by atoms with Gasteiger partial charge < -0.3 is 9.64 Å². The second-order valence-electron chi connectivity index (χ2n) is 7.40. The van der Waals surface area contributed by atoms with Crippen LogP contribution in [0.2, 0.25) is 0 Å². The van der Waals surface area contributed by atoms with Gasteiger partial charge in [-0.2, -0.15) is 0 Å². The zero-order valence-corrected chi connectivity index (χ0v) is 13.4. The molecule has 1 unspecified atom stereocenters. The fraction of sp³-hybridized carbons (Fsp3) is 0.875. The summed E-state index contributed by atoms with van der Waals surface area (Å²) in [4.78, 5) is 26.6. The average Bonchev–Trinajstić information content (AvgIpc) is 2.35. The number of nitrogens with zero attached hydrogens (tertiary/aromatic N) is 1. The maximum absolute atomic E-state index is 12.4. The van der Waals surface area contributed by atoms with Crippen LogP contribution < -0.4 is 0 Å². The number of Topliss-reactive ketones (excluding diaryl/α,β-unsaturated/α-hetero) is 1. The molecule has 2 fully saturated rings. The van der Waals surface area contributed by atoms with Crippen LogP contribution >= 0.6 is 0 Å². The van der Waals surface area contributed by atoms with Crippen LogP contribution in [0.15, 0.2) is 0 Å². The van der Waals surface area contributed by atoms with E-state index in [2.05, 4.69) is 6.92 Å². The smallest absolute Gasteiger partial charge is 0.410 e. The summed E-state index contributed by atoms with van der Waals surface area (Å²) in [5.41, 5.74) is -0.852. The number of hydrogen-bond acceptors (Lipinski definition) is 3. The number of likely N-dealkylation sites (tertiary alicyclic amines) is 1. The number of hydrogen-bond donors (Lipinski definition) is 0. The molecule has 20 heavy (non-hydrogen) atoms. The summed E-state index contributed by atoms with van der Waals surface area (Å²) in [6.07, 6.45) is 3.37. The van der Waals surface area contributed by atoms with Gasteiger partial charge in [0.2, 0.25) is 0 Å². The third-order valence-electron chi connectivity index (χ3n) is 4.58. The van der Waals surface area contributed by atoms with Crippen molar-refractivity contribution in [2.45, 2.75) is 71.9 Å². The highest BCUT2D eigenvalue weighted by Crippen LogP contribution is 2.52. The molecular weight excluding hydrogens is 254 g/mol. The number of ketones is 1. The van der Waals surface area contributed by atoms with E-state index < -0.39 is 5.60 Å². The van der Waals surface area contributed by atoms with E-state index in [1.165, 1.54) is 0 Å². The third kappa shape index (κ3) is 2.45. The van der Waals surface area contributed by atoms with Crippen molar-refractivity contribution in [3.05, 3.63) is 0 Å². The standard InChI is InChI=1S/C16H27NO3/c1-6-9-16(5)12-11(13(16)18)8-7-10-17(12)14(19)20-15(2,3)4/h11-12H,6-10H2,1-5H3/t11-,12+,16?/m0/s1. The summed E-state index contributed by atoms with van der Waals surface area (Å²) in [5.74, 6) is 0.380.